The van der Waals surface area contributed by atoms with Crippen molar-refractivity contribution < 1.29 is 9.94 Å². The molecule has 4 nitrogen and oxygen atoms in total. The van der Waals surface area contributed by atoms with Gasteiger partial charge in [0.25, 0.3) is 0 Å². The number of hydroxylamine groups is 2. The van der Waals surface area contributed by atoms with Crippen LogP contribution in [0.5, 0.6) is 0 Å². The highest BCUT2D eigenvalue weighted by molar-refractivity contribution is 5.25. The van der Waals surface area contributed by atoms with E-state index in [-0.39, 0.29) is 23.7 Å². The molecule has 4 rings (SSSR count). The summed E-state index contributed by atoms with van der Waals surface area (Å²) in [6.45, 7) is 7.45. The van der Waals surface area contributed by atoms with Crippen LogP contribution in [-0.2, 0) is 4.84 Å². The molecule has 27 heavy (non-hydrogen) atoms. The Balaban J connectivity index is 1.71. The lowest BCUT2D eigenvalue weighted by Gasteiger charge is -2.40. The number of likely N-dealkylation sites (tertiary alicyclic amines) is 1. The standard InChI is InChI=1S/C23H30N2O2/c1-23(2,3)25-19-18(22(27-25)17-13-9-6-10-14-17)15-24(4)20(19)21(26)16-11-7-5-8-12-16/h5-14,18-22,26H,15H2,1-4H3/t18-,19-,20-,21-,22+/m0/s1. The molecule has 0 radical (unpaired) electrons. The molecule has 0 amide bonds. The third kappa shape index (κ3) is 3.32. The van der Waals surface area contributed by atoms with E-state index < -0.39 is 6.10 Å². The van der Waals surface area contributed by atoms with Crippen LogP contribution in [0.1, 0.15) is 44.1 Å². The van der Waals surface area contributed by atoms with E-state index in [0.717, 1.165) is 12.1 Å². The average molecular weight is 367 g/mol. The molecular formula is C23H30N2O2. The quantitative estimate of drug-likeness (QED) is 0.896. The topological polar surface area (TPSA) is 35.9 Å². The number of aliphatic hydroxyl groups is 1. The maximum atomic E-state index is 11.3. The minimum atomic E-state index is -0.547. The van der Waals surface area contributed by atoms with Crippen LogP contribution in [0.3, 0.4) is 0 Å². The van der Waals surface area contributed by atoms with E-state index in [9.17, 15) is 5.11 Å². The third-order valence-electron chi connectivity index (χ3n) is 5.94. The van der Waals surface area contributed by atoms with Crippen molar-refractivity contribution in [1.82, 2.24) is 9.96 Å². The number of aliphatic hydroxyl groups excluding tert-OH is 1. The lowest BCUT2D eigenvalue weighted by Crippen LogP contribution is -2.52. The van der Waals surface area contributed by atoms with Gasteiger partial charge in [0.05, 0.1) is 18.2 Å². The predicted molar refractivity (Wildman–Crippen MR) is 107 cm³/mol. The van der Waals surface area contributed by atoms with Crippen LogP contribution in [0, 0.1) is 5.92 Å². The summed E-state index contributed by atoms with van der Waals surface area (Å²) in [6.07, 6.45) is -0.528. The number of nitrogens with zero attached hydrogens (tertiary/aromatic N) is 2. The highest BCUT2D eigenvalue weighted by Crippen LogP contribution is 2.49. The van der Waals surface area contributed by atoms with Crippen molar-refractivity contribution in [2.75, 3.05) is 13.6 Å². The van der Waals surface area contributed by atoms with Crippen LogP contribution in [0.25, 0.3) is 0 Å². The zero-order chi connectivity index (χ0) is 19.2. The summed E-state index contributed by atoms with van der Waals surface area (Å²) in [7, 11) is 2.12. The Bertz CT molecular complexity index is 759. The zero-order valence-electron chi connectivity index (χ0n) is 16.6. The van der Waals surface area contributed by atoms with Gasteiger partial charge in [-0.25, -0.2) is 0 Å². The van der Waals surface area contributed by atoms with E-state index in [1.165, 1.54) is 5.56 Å². The van der Waals surface area contributed by atoms with E-state index >= 15 is 0 Å². The minimum Gasteiger partial charge on any atom is -0.387 e. The first kappa shape index (κ1) is 18.6. The fraction of sp³-hybridized carbons (Fsp3) is 0.478. The molecule has 2 aliphatic heterocycles. The number of rotatable bonds is 3. The van der Waals surface area contributed by atoms with Crippen LogP contribution in [0.4, 0.5) is 0 Å². The molecular weight excluding hydrogens is 336 g/mol. The molecule has 0 unspecified atom stereocenters. The van der Waals surface area contributed by atoms with Gasteiger partial charge in [0, 0.05) is 18.0 Å². The van der Waals surface area contributed by atoms with Crippen molar-refractivity contribution in [1.29, 1.82) is 0 Å². The van der Waals surface area contributed by atoms with Gasteiger partial charge in [-0.05, 0) is 38.9 Å². The van der Waals surface area contributed by atoms with Crippen LogP contribution in [0.15, 0.2) is 60.7 Å². The Kier molecular flexibility index (Phi) is 4.85. The molecule has 0 aromatic heterocycles. The maximum absolute atomic E-state index is 11.3. The highest BCUT2D eigenvalue weighted by atomic mass is 16.7. The van der Waals surface area contributed by atoms with Crippen molar-refractivity contribution in [3.63, 3.8) is 0 Å². The van der Waals surface area contributed by atoms with Crippen molar-refractivity contribution in [3.05, 3.63) is 71.8 Å². The first-order valence-corrected chi connectivity index (χ1v) is 9.82. The number of fused-ring (bicyclic) bond motifs is 1. The summed E-state index contributed by atoms with van der Waals surface area (Å²) < 4.78 is 0. The van der Waals surface area contributed by atoms with Crippen molar-refractivity contribution in [2.45, 2.75) is 50.6 Å². The number of likely N-dealkylation sites (N-methyl/N-ethyl adjacent to an activating group) is 1. The Hall–Kier alpha value is -1.72. The maximum Gasteiger partial charge on any atom is 0.110 e. The SMILES string of the molecule is CN1C[C@H]2[C@@H]([C@H]1[C@@H](O)c1ccccc1)N(C(C)(C)C)O[C@@H]2c1ccccc1. The van der Waals surface area contributed by atoms with Gasteiger partial charge in [0.1, 0.15) is 6.10 Å². The van der Waals surface area contributed by atoms with Gasteiger partial charge in [-0.15, -0.1) is 0 Å². The Morgan fingerprint density at radius 3 is 2.19 bits per heavy atom. The third-order valence-corrected chi connectivity index (χ3v) is 5.94. The van der Waals surface area contributed by atoms with Gasteiger partial charge < -0.3 is 5.11 Å². The molecule has 1 N–H and O–H groups in total. The Labute approximate surface area is 162 Å². The Morgan fingerprint density at radius 1 is 1.00 bits per heavy atom. The van der Waals surface area contributed by atoms with E-state index in [0.29, 0.717) is 5.92 Å². The van der Waals surface area contributed by atoms with Gasteiger partial charge in [-0.2, -0.15) is 5.06 Å². The van der Waals surface area contributed by atoms with Crippen molar-refractivity contribution in [2.24, 2.45) is 5.92 Å². The van der Waals surface area contributed by atoms with Crippen molar-refractivity contribution >= 4 is 0 Å². The van der Waals surface area contributed by atoms with Crippen LogP contribution in [-0.4, -0.2) is 46.3 Å². The summed E-state index contributed by atoms with van der Waals surface area (Å²) in [4.78, 5) is 8.85. The molecule has 5 atom stereocenters. The molecule has 2 saturated heterocycles. The monoisotopic (exact) mass is 366 g/mol. The fourth-order valence-corrected chi connectivity index (χ4v) is 4.77. The van der Waals surface area contributed by atoms with Gasteiger partial charge >= 0.3 is 0 Å². The van der Waals surface area contributed by atoms with Gasteiger partial charge in [-0.3, -0.25) is 9.74 Å². The average Bonchev–Trinajstić information content (AvgIpc) is 3.18. The zero-order valence-corrected chi connectivity index (χ0v) is 16.6. The van der Waals surface area contributed by atoms with Gasteiger partial charge in [0.15, 0.2) is 0 Å². The summed E-state index contributed by atoms with van der Waals surface area (Å²) in [5.74, 6) is 0.319. The molecule has 4 heteroatoms. The summed E-state index contributed by atoms with van der Waals surface area (Å²) in [6, 6.07) is 20.6. The second-order valence-corrected chi connectivity index (χ2v) is 8.87. The number of benzene rings is 2. The fourth-order valence-electron chi connectivity index (χ4n) is 4.77. The van der Waals surface area contributed by atoms with E-state index in [1.54, 1.807) is 0 Å². The number of hydrogen-bond donors (Lipinski definition) is 1. The molecule has 0 aliphatic carbocycles. The van der Waals surface area contributed by atoms with Crippen LogP contribution >= 0.6 is 0 Å². The molecule has 0 bridgehead atoms. The summed E-state index contributed by atoms with van der Waals surface area (Å²) in [5, 5.41) is 13.4. The van der Waals surface area contributed by atoms with Crippen LogP contribution in [0.2, 0.25) is 0 Å². The number of hydrogen-bond acceptors (Lipinski definition) is 4. The summed E-state index contributed by atoms with van der Waals surface area (Å²) in [5.41, 5.74) is 2.03. The second-order valence-electron chi connectivity index (χ2n) is 8.87. The van der Waals surface area contributed by atoms with Crippen LogP contribution < -0.4 is 0 Å². The summed E-state index contributed by atoms with van der Waals surface area (Å²) >= 11 is 0. The lowest BCUT2D eigenvalue weighted by molar-refractivity contribution is -0.226. The molecule has 2 heterocycles. The molecule has 0 spiro atoms. The smallest absolute Gasteiger partial charge is 0.110 e. The predicted octanol–water partition coefficient (Wildman–Crippen LogP) is 3.81. The van der Waals surface area contributed by atoms with Gasteiger partial charge in [0.2, 0.25) is 0 Å². The molecule has 0 saturated carbocycles. The van der Waals surface area contributed by atoms with E-state index in [4.69, 9.17) is 4.84 Å². The molecule has 2 aromatic carbocycles. The molecule has 2 aromatic rings. The molecule has 2 aliphatic rings. The normalized spacial score (nSPS) is 30.4. The largest absolute Gasteiger partial charge is 0.387 e. The minimum absolute atomic E-state index is 0.00895. The second kappa shape index (κ2) is 7.02. The van der Waals surface area contributed by atoms with Crippen molar-refractivity contribution in [3.8, 4) is 0 Å². The van der Waals surface area contributed by atoms with Gasteiger partial charge in [-0.1, -0.05) is 60.7 Å². The first-order chi connectivity index (χ1) is 12.9. The molecule has 2 fully saturated rings. The van der Waals surface area contributed by atoms with E-state index in [1.807, 2.05) is 36.4 Å². The Morgan fingerprint density at radius 2 is 1.59 bits per heavy atom. The first-order valence-electron chi connectivity index (χ1n) is 9.82. The molecule has 144 valence electrons. The van der Waals surface area contributed by atoms with E-state index in [2.05, 4.69) is 62.0 Å². The lowest BCUT2D eigenvalue weighted by atomic mass is 9.86. The highest BCUT2D eigenvalue weighted by Gasteiger charge is 2.57.